The lowest BCUT2D eigenvalue weighted by Crippen LogP contribution is -2.46. The SMILES string of the molecule is Cc1ccc(S(=O)(=O)N2CCCC2C(=O)NCCc2ccccn2)s1. The van der Waals surface area contributed by atoms with Crippen molar-refractivity contribution in [3.8, 4) is 0 Å². The quantitative estimate of drug-likeness (QED) is 0.832. The van der Waals surface area contributed by atoms with E-state index < -0.39 is 16.1 Å². The Labute approximate surface area is 151 Å². The average Bonchev–Trinajstić information content (AvgIpc) is 3.25. The summed E-state index contributed by atoms with van der Waals surface area (Å²) in [5.74, 6) is -0.231. The molecule has 1 fully saturated rings. The molecule has 0 aromatic carbocycles. The highest BCUT2D eigenvalue weighted by Crippen LogP contribution is 2.30. The van der Waals surface area contributed by atoms with Gasteiger partial charge in [-0.05, 0) is 44.0 Å². The number of aryl methyl sites for hydroxylation is 1. The molecule has 8 heteroatoms. The molecule has 0 aliphatic carbocycles. The summed E-state index contributed by atoms with van der Waals surface area (Å²) in [5, 5.41) is 2.85. The Hall–Kier alpha value is -1.77. The fourth-order valence-corrected chi connectivity index (χ4v) is 6.00. The molecule has 1 atom stereocenters. The van der Waals surface area contributed by atoms with E-state index in [0.29, 0.717) is 36.6 Å². The van der Waals surface area contributed by atoms with Crippen LogP contribution in [0.4, 0.5) is 0 Å². The van der Waals surface area contributed by atoms with Gasteiger partial charge in [-0.3, -0.25) is 9.78 Å². The summed E-state index contributed by atoms with van der Waals surface area (Å²) in [5.41, 5.74) is 0.896. The Morgan fingerprint density at radius 3 is 2.88 bits per heavy atom. The molecule has 2 aromatic rings. The number of hydrogen-bond acceptors (Lipinski definition) is 5. The molecular weight excluding hydrogens is 358 g/mol. The van der Waals surface area contributed by atoms with Crippen molar-refractivity contribution < 1.29 is 13.2 Å². The zero-order chi connectivity index (χ0) is 17.9. The summed E-state index contributed by atoms with van der Waals surface area (Å²) >= 11 is 1.24. The van der Waals surface area contributed by atoms with Crippen LogP contribution >= 0.6 is 11.3 Å². The van der Waals surface area contributed by atoms with Crippen molar-refractivity contribution in [3.63, 3.8) is 0 Å². The molecule has 1 aliphatic heterocycles. The molecule has 6 nitrogen and oxygen atoms in total. The maximum Gasteiger partial charge on any atom is 0.253 e. The van der Waals surface area contributed by atoms with Crippen LogP contribution in [-0.4, -0.2) is 42.7 Å². The van der Waals surface area contributed by atoms with Gasteiger partial charge in [0.05, 0.1) is 0 Å². The highest BCUT2D eigenvalue weighted by Gasteiger charge is 2.39. The summed E-state index contributed by atoms with van der Waals surface area (Å²) in [6, 6.07) is 8.42. The van der Waals surface area contributed by atoms with Crippen molar-refractivity contribution in [2.75, 3.05) is 13.1 Å². The summed E-state index contributed by atoms with van der Waals surface area (Å²) in [4.78, 5) is 17.6. The third-order valence-corrected chi connectivity index (χ3v) is 7.57. The number of rotatable bonds is 6. The normalized spacial score (nSPS) is 18.4. The van der Waals surface area contributed by atoms with Gasteiger partial charge in [0, 0.05) is 36.3 Å². The van der Waals surface area contributed by atoms with Crippen LogP contribution in [0.25, 0.3) is 0 Å². The minimum absolute atomic E-state index is 0.231. The van der Waals surface area contributed by atoms with Crippen LogP contribution in [0.1, 0.15) is 23.4 Å². The van der Waals surface area contributed by atoms with E-state index in [9.17, 15) is 13.2 Å². The fraction of sp³-hybridized carbons (Fsp3) is 0.412. The van der Waals surface area contributed by atoms with E-state index in [-0.39, 0.29) is 5.91 Å². The van der Waals surface area contributed by atoms with Crippen LogP contribution in [0.5, 0.6) is 0 Å². The predicted molar refractivity (Wildman–Crippen MR) is 96.9 cm³/mol. The van der Waals surface area contributed by atoms with Crippen LogP contribution in [0.15, 0.2) is 40.7 Å². The Morgan fingerprint density at radius 2 is 2.20 bits per heavy atom. The van der Waals surface area contributed by atoms with E-state index in [1.807, 2.05) is 25.1 Å². The van der Waals surface area contributed by atoms with Crippen molar-refractivity contribution in [2.24, 2.45) is 0 Å². The molecule has 25 heavy (non-hydrogen) atoms. The number of sulfonamides is 1. The van der Waals surface area contributed by atoms with Crippen molar-refractivity contribution >= 4 is 27.3 Å². The van der Waals surface area contributed by atoms with Gasteiger partial charge >= 0.3 is 0 Å². The third-order valence-electron chi connectivity index (χ3n) is 4.19. The third kappa shape index (κ3) is 4.08. The second-order valence-corrected chi connectivity index (χ2v) is 9.41. The summed E-state index contributed by atoms with van der Waals surface area (Å²) in [6.45, 7) is 2.70. The van der Waals surface area contributed by atoms with Crippen molar-refractivity contribution in [2.45, 2.75) is 36.4 Å². The lowest BCUT2D eigenvalue weighted by molar-refractivity contribution is -0.124. The molecule has 1 aliphatic rings. The van der Waals surface area contributed by atoms with E-state index in [1.54, 1.807) is 18.3 Å². The first kappa shape index (κ1) is 18.0. The number of carbonyl (C=O) groups is 1. The standard InChI is InChI=1S/C17H21N3O3S2/c1-13-7-8-16(24-13)25(22,23)20-12-4-6-15(20)17(21)19-11-9-14-5-2-3-10-18-14/h2-3,5,7-8,10,15H,4,6,9,11-12H2,1H3,(H,19,21). The van der Waals surface area contributed by atoms with Crippen LogP contribution in [0.2, 0.25) is 0 Å². The van der Waals surface area contributed by atoms with E-state index in [4.69, 9.17) is 0 Å². The number of hydrogen-bond donors (Lipinski definition) is 1. The molecule has 0 radical (unpaired) electrons. The fourth-order valence-electron chi connectivity index (χ4n) is 2.93. The van der Waals surface area contributed by atoms with Gasteiger partial charge in [-0.1, -0.05) is 6.07 Å². The number of amides is 1. The number of nitrogens with one attached hydrogen (secondary N) is 1. The van der Waals surface area contributed by atoms with Gasteiger partial charge in [0.1, 0.15) is 10.3 Å². The second-order valence-electron chi connectivity index (χ2n) is 6.00. The predicted octanol–water partition coefficient (Wildman–Crippen LogP) is 1.96. The number of thiophene rings is 1. The molecular formula is C17H21N3O3S2. The van der Waals surface area contributed by atoms with Crippen molar-refractivity contribution in [3.05, 3.63) is 47.1 Å². The molecule has 134 valence electrons. The first-order chi connectivity index (χ1) is 12.0. The monoisotopic (exact) mass is 379 g/mol. The first-order valence-electron chi connectivity index (χ1n) is 8.24. The number of aromatic nitrogens is 1. The van der Waals surface area contributed by atoms with Crippen molar-refractivity contribution in [1.82, 2.24) is 14.6 Å². The molecule has 1 amide bonds. The minimum Gasteiger partial charge on any atom is -0.354 e. The largest absolute Gasteiger partial charge is 0.354 e. The minimum atomic E-state index is -3.61. The zero-order valence-corrected chi connectivity index (χ0v) is 15.6. The molecule has 1 unspecified atom stereocenters. The summed E-state index contributed by atoms with van der Waals surface area (Å²) in [7, 11) is -3.61. The van der Waals surface area contributed by atoms with Gasteiger partial charge in [0.25, 0.3) is 10.0 Å². The molecule has 0 bridgehead atoms. The lowest BCUT2D eigenvalue weighted by Gasteiger charge is -2.22. The Balaban J connectivity index is 1.63. The first-order valence-corrected chi connectivity index (χ1v) is 10.5. The van der Waals surface area contributed by atoms with Gasteiger partial charge in [0.2, 0.25) is 5.91 Å². The molecule has 1 N–H and O–H groups in total. The molecule has 3 rings (SSSR count). The van der Waals surface area contributed by atoms with Gasteiger partial charge in [0.15, 0.2) is 0 Å². The topological polar surface area (TPSA) is 79.4 Å². The highest BCUT2D eigenvalue weighted by atomic mass is 32.2. The van der Waals surface area contributed by atoms with Crippen LogP contribution < -0.4 is 5.32 Å². The number of nitrogens with zero attached hydrogens (tertiary/aromatic N) is 2. The lowest BCUT2D eigenvalue weighted by atomic mass is 10.2. The zero-order valence-electron chi connectivity index (χ0n) is 14.0. The van der Waals surface area contributed by atoms with Gasteiger partial charge in [-0.2, -0.15) is 4.31 Å². The van der Waals surface area contributed by atoms with Crippen LogP contribution in [0, 0.1) is 6.92 Å². The Bertz CT molecular complexity index is 834. The number of pyridine rings is 1. The molecule has 3 heterocycles. The maximum absolute atomic E-state index is 12.8. The van der Waals surface area contributed by atoms with E-state index in [0.717, 1.165) is 10.6 Å². The second kappa shape index (κ2) is 7.63. The Morgan fingerprint density at radius 1 is 1.36 bits per heavy atom. The van der Waals surface area contributed by atoms with Crippen LogP contribution in [-0.2, 0) is 21.2 Å². The number of carbonyl (C=O) groups excluding carboxylic acids is 1. The molecule has 1 saturated heterocycles. The highest BCUT2D eigenvalue weighted by molar-refractivity contribution is 7.91. The van der Waals surface area contributed by atoms with Crippen molar-refractivity contribution in [1.29, 1.82) is 0 Å². The van der Waals surface area contributed by atoms with E-state index in [2.05, 4.69) is 10.3 Å². The Kier molecular flexibility index (Phi) is 5.51. The van der Waals surface area contributed by atoms with Gasteiger partial charge < -0.3 is 5.32 Å². The molecule has 0 saturated carbocycles. The van der Waals surface area contributed by atoms with Gasteiger partial charge in [-0.25, -0.2) is 8.42 Å². The average molecular weight is 380 g/mol. The van der Waals surface area contributed by atoms with E-state index in [1.165, 1.54) is 15.6 Å². The van der Waals surface area contributed by atoms with Gasteiger partial charge in [-0.15, -0.1) is 11.3 Å². The molecule has 2 aromatic heterocycles. The smallest absolute Gasteiger partial charge is 0.253 e. The summed E-state index contributed by atoms with van der Waals surface area (Å²) < 4.78 is 27.3. The maximum atomic E-state index is 12.8. The van der Waals surface area contributed by atoms with E-state index >= 15 is 0 Å². The summed E-state index contributed by atoms with van der Waals surface area (Å²) in [6.07, 6.45) is 3.59. The van der Waals surface area contributed by atoms with Crippen LogP contribution in [0.3, 0.4) is 0 Å². The molecule has 0 spiro atoms.